The van der Waals surface area contributed by atoms with Gasteiger partial charge < -0.3 is 15.1 Å². The summed E-state index contributed by atoms with van der Waals surface area (Å²) in [5.74, 6) is 1.24. The van der Waals surface area contributed by atoms with Gasteiger partial charge in [0.15, 0.2) is 0 Å². The van der Waals surface area contributed by atoms with Crippen LogP contribution in [0.2, 0.25) is 0 Å². The van der Waals surface area contributed by atoms with E-state index >= 15 is 0 Å². The predicted molar refractivity (Wildman–Crippen MR) is 94.6 cm³/mol. The van der Waals surface area contributed by atoms with Crippen LogP contribution in [0.4, 0.5) is 11.5 Å². The molecule has 8 heteroatoms. The lowest BCUT2D eigenvalue weighted by Crippen LogP contribution is -2.37. The molecule has 0 unspecified atom stereocenters. The number of nitrogens with two attached hydrogens (primary N) is 1. The molecular weight excluding hydrogens is 322 g/mol. The monoisotopic (exact) mass is 341 g/mol. The number of benzene rings is 1. The van der Waals surface area contributed by atoms with Crippen LogP contribution >= 0.6 is 0 Å². The van der Waals surface area contributed by atoms with Crippen molar-refractivity contribution in [2.75, 3.05) is 17.7 Å². The second-order valence-electron chi connectivity index (χ2n) is 5.79. The average Bonchev–Trinajstić information content (AvgIpc) is 2.97. The molecule has 0 bridgehead atoms. The molecule has 0 radical (unpaired) electrons. The number of hydrogen-bond donors (Lipinski definition) is 2. The number of nitrogens with zero attached hydrogens (tertiary/aromatic N) is 3. The lowest BCUT2D eigenvalue weighted by Gasteiger charge is -2.20. The Morgan fingerprint density at radius 3 is 2.64 bits per heavy atom. The van der Waals surface area contributed by atoms with E-state index in [2.05, 4.69) is 9.97 Å². The molecule has 2 aromatic heterocycles. The third-order valence-corrected chi connectivity index (χ3v) is 3.82. The quantitative estimate of drug-likeness (QED) is 0.719. The van der Waals surface area contributed by atoms with Gasteiger partial charge in [-0.1, -0.05) is 30.3 Å². The molecule has 3 aromatic rings. The van der Waals surface area contributed by atoms with Crippen molar-refractivity contribution in [3.63, 3.8) is 0 Å². The summed E-state index contributed by atoms with van der Waals surface area (Å²) in [5.41, 5.74) is 6.16. The molecular formula is C17H19N5O3. The number of rotatable bonds is 5. The van der Waals surface area contributed by atoms with Gasteiger partial charge in [-0.05, 0) is 12.5 Å². The molecule has 0 amide bonds. The highest BCUT2D eigenvalue weighted by atomic mass is 16.4. The molecule has 2 heterocycles. The number of nitrogen functional groups attached to an aromatic ring is 1. The first-order valence-electron chi connectivity index (χ1n) is 7.74. The van der Waals surface area contributed by atoms with Crippen molar-refractivity contribution in [3.05, 3.63) is 74.6 Å². The fourth-order valence-corrected chi connectivity index (χ4v) is 2.63. The zero-order chi connectivity index (χ0) is 18.0. The SMILES string of the molecule is Cc1cnc(CN(C)c2c(N)n(Cc3ccccc3)c(=O)[nH]c2=O)o1. The Balaban J connectivity index is 1.97. The van der Waals surface area contributed by atoms with Crippen LogP contribution in [0.25, 0.3) is 0 Å². The van der Waals surface area contributed by atoms with E-state index in [0.717, 1.165) is 5.56 Å². The van der Waals surface area contributed by atoms with E-state index in [1.54, 1.807) is 25.1 Å². The van der Waals surface area contributed by atoms with Crippen LogP contribution in [0, 0.1) is 6.92 Å². The van der Waals surface area contributed by atoms with Crippen LogP contribution in [0.3, 0.4) is 0 Å². The van der Waals surface area contributed by atoms with Crippen molar-refractivity contribution < 1.29 is 4.42 Å². The molecule has 3 rings (SSSR count). The second kappa shape index (κ2) is 6.68. The lowest BCUT2D eigenvalue weighted by molar-refractivity contribution is 0.469. The van der Waals surface area contributed by atoms with E-state index in [1.807, 2.05) is 30.3 Å². The summed E-state index contributed by atoms with van der Waals surface area (Å²) in [4.78, 5) is 32.5. The standard InChI is InChI=1S/C17H19N5O3/c1-11-8-19-13(25-11)10-21(2)14-15(18)22(17(24)20-16(14)23)9-12-6-4-3-5-7-12/h3-8H,9-10,18H2,1-2H3,(H,20,23,24). The summed E-state index contributed by atoms with van der Waals surface area (Å²) in [6, 6.07) is 9.41. The minimum Gasteiger partial charge on any atom is -0.444 e. The highest BCUT2D eigenvalue weighted by molar-refractivity contribution is 5.62. The molecule has 0 aliphatic rings. The minimum absolute atomic E-state index is 0.100. The number of nitrogens with one attached hydrogen (secondary N) is 1. The minimum atomic E-state index is -0.546. The van der Waals surface area contributed by atoms with Crippen LogP contribution in [0.5, 0.6) is 0 Å². The van der Waals surface area contributed by atoms with Crippen molar-refractivity contribution >= 4 is 11.5 Å². The maximum atomic E-state index is 12.3. The lowest BCUT2D eigenvalue weighted by atomic mass is 10.2. The van der Waals surface area contributed by atoms with Crippen LogP contribution < -0.4 is 21.9 Å². The number of aromatic nitrogens is 3. The molecule has 130 valence electrons. The molecule has 0 saturated carbocycles. The largest absolute Gasteiger partial charge is 0.444 e. The van der Waals surface area contributed by atoms with Gasteiger partial charge >= 0.3 is 5.69 Å². The molecule has 25 heavy (non-hydrogen) atoms. The number of anilines is 2. The number of hydrogen-bond acceptors (Lipinski definition) is 6. The van der Waals surface area contributed by atoms with E-state index in [4.69, 9.17) is 10.2 Å². The number of H-pyrrole nitrogens is 1. The summed E-state index contributed by atoms with van der Waals surface area (Å²) < 4.78 is 6.77. The molecule has 1 aromatic carbocycles. The fraction of sp³-hybridized carbons (Fsp3) is 0.235. The highest BCUT2D eigenvalue weighted by Gasteiger charge is 2.18. The van der Waals surface area contributed by atoms with Crippen molar-refractivity contribution in [3.8, 4) is 0 Å². The van der Waals surface area contributed by atoms with Gasteiger partial charge in [0.25, 0.3) is 5.56 Å². The van der Waals surface area contributed by atoms with Gasteiger partial charge in [-0.3, -0.25) is 14.3 Å². The third-order valence-electron chi connectivity index (χ3n) is 3.82. The molecule has 0 fully saturated rings. The number of oxazole rings is 1. The van der Waals surface area contributed by atoms with Crippen molar-refractivity contribution in [1.29, 1.82) is 0 Å². The second-order valence-corrected chi connectivity index (χ2v) is 5.79. The van der Waals surface area contributed by atoms with E-state index in [1.165, 1.54) is 4.57 Å². The first-order valence-corrected chi connectivity index (χ1v) is 7.74. The zero-order valence-electron chi connectivity index (χ0n) is 14.0. The normalized spacial score (nSPS) is 10.8. The highest BCUT2D eigenvalue weighted by Crippen LogP contribution is 2.18. The van der Waals surface area contributed by atoms with Crippen LogP contribution in [-0.2, 0) is 13.1 Å². The molecule has 0 saturated heterocycles. The Morgan fingerprint density at radius 2 is 2.00 bits per heavy atom. The maximum absolute atomic E-state index is 12.3. The molecule has 3 N–H and O–H groups in total. The molecule has 0 atom stereocenters. The van der Waals surface area contributed by atoms with Gasteiger partial charge in [0.2, 0.25) is 5.89 Å². The Hall–Kier alpha value is -3.29. The summed E-state index contributed by atoms with van der Waals surface area (Å²) in [7, 11) is 1.69. The number of aromatic amines is 1. The van der Waals surface area contributed by atoms with Gasteiger partial charge in [-0.2, -0.15) is 0 Å². The van der Waals surface area contributed by atoms with Crippen molar-refractivity contribution in [2.24, 2.45) is 0 Å². The number of aryl methyl sites for hydroxylation is 1. The van der Waals surface area contributed by atoms with Gasteiger partial charge in [0.1, 0.15) is 17.3 Å². The summed E-state index contributed by atoms with van der Waals surface area (Å²) in [5, 5.41) is 0. The Morgan fingerprint density at radius 1 is 1.28 bits per heavy atom. The first-order chi connectivity index (χ1) is 12.0. The van der Waals surface area contributed by atoms with Crippen LogP contribution in [0.15, 0.2) is 50.5 Å². The first kappa shape index (κ1) is 16.6. The topological polar surface area (TPSA) is 110 Å². The Bertz CT molecular complexity index is 988. The van der Waals surface area contributed by atoms with Crippen LogP contribution in [-0.4, -0.2) is 21.6 Å². The van der Waals surface area contributed by atoms with Crippen LogP contribution in [0.1, 0.15) is 17.2 Å². The van der Waals surface area contributed by atoms with Crippen molar-refractivity contribution in [1.82, 2.24) is 14.5 Å². The molecule has 0 aliphatic heterocycles. The predicted octanol–water partition coefficient (Wildman–Crippen LogP) is 1.10. The summed E-state index contributed by atoms with van der Waals surface area (Å²) >= 11 is 0. The summed E-state index contributed by atoms with van der Waals surface area (Å²) in [6.45, 7) is 2.31. The average molecular weight is 341 g/mol. The van der Waals surface area contributed by atoms with Gasteiger partial charge in [0, 0.05) is 7.05 Å². The fourth-order valence-electron chi connectivity index (χ4n) is 2.63. The Labute approximate surface area is 143 Å². The van der Waals surface area contributed by atoms with Gasteiger partial charge in [-0.25, -0.2) is 9.78 Å². The molecule has 8 nitrogen and oxygen atoms in total. The zero-order valence-corrected chi connectivity index (χ0v) is 14.0. The Kier molecular flexibility index (Phi) is 4.42. The van der Waals surface area contributed by atoms with E-state index in [0.29, 0.717) is 11.7 Å². The van der Waals surface area contributed by atoms with Gasteiger partial charge in [-0.15, -0.1) is 0 Å². The van der Waals surface area contributed by atoms with E-state index in [9.17, 15) is 9.59 Å². The van der Waals surface area contributed by atoms with Gasteiger partial charge in [0.05, 0.1) is 19.3 Å². The molecule has 0 aliphatic carbocycles. The van der Waals surface area contributed by atoms with Crippen molar-refractivity contribution in [2.45, 2.75) is 20.0 Å². The van der Waals surface area contributed by atoms with E-state index < -0.39 is 11.2 Å². The maximum Gasteiger partial charge on any atom is 0.330 e. The smallest absolute Gasteiger partial charge is 0.330 e. The summed E-state index contributed by atoms with van der Waals surface area (Å²) in [6.07, 6.45) is 1.60. The molecule has 0 spiro atoms. The van der Waals surface area contributed by atoms with E-state index in [-0.39, 0.29) is 24.6 Å². The third kappa shape index (κ3) is 3.47.